The molecule has 1 heterocycles. The fourth-order valence-corrected chi connectivity index (χ4v) is 2.57. The fraction of sp³-hybridized carbons (Fsp3) is 0.125. The van der Waals surface area contributed by atoms with Crippen LogP contribution in [0.15, 0.2) is 48.5 Å². The predicted molar refractivity (Wildman–Crippen MR) is 85.6 cm³/mol. The molecule has 0 aromatic heterocycles. The summed E-state index contributed by atoms with van der Waals surface area (Å²) in [5.74, 6) is -0.0157. The number of nitrogens with zero attached hydrogens (tertiary/aromatic N) is 1. The van der Waals surface area contributed by atoms with Crippen molar-refractivity contribution in [1.29, 1.82) is 0 Å². The van der Waals surface area contributed by atoms with Crippen molar-refractivity contribution in [2.24, 2.45) is 0 Å². The van der Waals surface area contributed by atoms with Crippen LogP contribution in [0.1, 0.15) is 12.0 Å². The van der Waals surface area contributed by atoms with E-state index in [2.05, 4.69) is 5.32 Å². The van der Waals surface area contributed by atoms with Crippen LogP contribution >= 0.6 is 12.2 Å². The largest absolute Gasteiger partial charge is 0.348 e. The van der Waals surface area contributed by atoms with E-state index in [0.717, 1.165) is 22.6 Å². The number of aryl methyl sites for hydroxylation is 1. The number of benzene rings is 2. The average Bonchev–Trinajstić information content (AvgIpc) is 2.54. The Morgan fingerprint density at radius 3 is 2.65 bits per heavy atom. The molecule has 2 aromatic rings. The van der Waals surface area contributed by atoms with Crippen molar-refractivity contribution in [3.8, 4) is 0 Å². The Morgan fingerprint density at radius 1 is 1.15 bits per heavy atom. The molecular weight excluding hydrogens is 268 g/mol. The van der Waals surface area contributed by atoms with E-state index in [9.17, 15) is 4.79 Å². The van der Waals surface area contributed by atoms with Gasteiger partial charge in [0.05, 0.1) is 22.8 Å². The maximum atomic E-state index is 12.5. The van der Waals surface area contributed by atoms with Gasteiger partial charge in [0, 0.05) is 5.69 Å². The maximum absolute atomic E-state index is 12.5. The van der Waals surface area contributed by atoms with Crippen molar-refractivity contribution in [1.82, 2.24) is 0 Å². The Hall–Kier alpha value is -2.20. The lowest BCUT2D eigenvalue weighted by molar-refractivity contribution is -0.116. The van der Waals surface area contributed by atoms with Gasteiger partial charge in [-0.05, 0) is 36.8 Å². The number of hydrogen-bond acceptors (Lipinski definition) is 2. The van der Waals surface area contributed by atoms with Crippen LogP contribution in [0.25, 0.3) is 0 Å². The van der Waals surface area contributed by atoms with Crippen molar-refractivity contribution in [2.75, 3.05) is 10.2 Å². The molecule has 0 fully saturated rings. The minimum atomic E-state index is -0.0157. The van der Waals surface area contributed by atoms with Gasteiger partial charge in [-0.1, -0.05) is 36.5 Å². The number of nitrogens with one attached hydrogen (secondary N) is 1. The molecule has 1 amide bonds. The minimum Gasteiger partial charge on any atom is -0.348 e. The molecule has 0 radical (unpaired) electrons. The maximum Gasteiger partial charge on any atom is 0.238 e. The zero-order valence-electron chi connectivity index (χ0n) is 11.1. The first-order chi connectivity index (χ1) is 9.65. The van der Waals surface area contributed by atoms with Crippen LogP contribution in [0.5, 0.6) is 0 Å². The molecule has 1 aliphatic heterocycles. The first-order valence-corrected chi connectivity index (χ1v) is 6.84. The normalized spacial score (nSPS) is 14.6. The number of rotatable bonds is 1. The number of para-hydroxylation sites is 1. The molecule has 1 N–H and O–H groups in total. The van der Waals surface area contributed by atoms with Crippen LogP contribution < -0.4 is 10.2 Å². The molecule has 4 heteroatoms. The van der Waals surface area contributed by atoms with Crippen LogP contribution in [0.3, 0.4) is 0 Å². The number of thiocarbonyl (C=S) groups is 1. The molecule has 100 valence electrons. The lowest BCUT2D eigenvalue weighted by atomic mass is 10.1. The second kappa shape index (κ2) is 5.06. The lowest BCUT2D eigenvalue weighted by Crippen LogP contribution is -2.25. The number of carbonyl (C=O) groups excluding carboxylic acids is 1. The summed E-state index contributed by atoms with van der Waals surface area (Å²) in [6.45, 7) is 2.01. The molecule has 0 saturated heterocycles. The predicted octanol–water partition coefficient (Wildman–Crippen LogP) is 3.80. The van der Waals surface area contributed by atoms with E-state index >= 15 is 0 Å². The highest BCUT2D eigenvalue weighted by atomic mass is 32.1. The van der Waals surface area contributed by atoms with E-state index in [1.165, 1.54) is 0 Å². The molecule has 0 atom stereocenters. The standard InChI is InChI=1S/C16H14N2OS/c1-11-7-8-13-14(9-11)18(12-5-3-2-4-6-12)16(19)10-15(20)17-13/h2-9H,10H2,1H3,(H,17,20). The monoisotopic (exact) mass is 282 g/mol. The average molecular weight is 282 g/mol. The summed E-state index contributed by atoms with van der Waals surface area (Å²) >= 11 is 5.22. The molecule has 2 aromatic carbocycles. The van der Waals surface area contributed by atoms with Gasteiger partial charge in [-0.3, -0.25) is 9.69 Å². The van der Waals surface area contributed by atoms with Gasteiger partial charge < -0.3 is 5.32 Å². The number of carbonyl (C=O) groups is 1. The molecular formula is C16H14N2OS. The van der Waals surface area contributed by atoms with Crippen LogP contribution in [-0.2, 0) is 4.79 Å². The smallest absolute Gasteiger partial charge is 0.238 e. The first-order valence-electron chi connectivity index (χ1n) is 6.43. The van der Waals surface area contributed by atoms with Crippen molar-refractivity contribution in [2.45, 2.75) is 13.3 Å². The fourth-order valence-electron chi connectivity index (χ4n) is 2.34. The Bertz CT molecular complexity index is 682. The quantitative estimate of drug-likeness (QED) is 0.807. The Morgan fingerprint density at radius 2 is 1.90 bits per heavy atom. The molecule has 0 spiro atoms. The highest BCUT2D eigenvalue weighted by Gasteiger charge is 2.25. The first kappa shape index (κ1) is 12.8. The summed E-state index contributed by atoms with van der Waals surface area (Å²) in [5.41, 5.74) is 3.68. The highest BCUT2D eigenvalue weighted by Crippen LogP contribution is 2.35. The Balaban J connectivity index is 2.20. The summed E-state index contributed by atoms with van der Waals surface area (Å²) in [5, 5.41) is 3.15. The van der Waals surface area contributed by atoms with Crippen LogP contribution in [0.4, 0.5) is 17.1 Å². The number of anilines is 3. The summed E-state index contributed by atoms with van der Waals surface area (Å²) in [6, 6.07) is 15.6. The van der Waals surface area contributed by atoms with E-state index < -0.39 is 0 Å². The third-order valence-corrected chi connectivity index (χ3v) is 3.49. The third-order valence-electron chi connectivity index (χ3n) is 3.24. The molecule has 1 aliphatic rings. The van der Waals surface area contributed by atoms with E-state index in [1.807, 2.05) is 55.5 Å². The highest BCUT2D eigenvalue weighted by molar-refractivity contribution is 7.80. The second-order valence-electron chi connectivity index (χ2n) is 4.81. The topological polar surface area (TPSA) is 32.3 Å². The van der Waals surface area contributed by atoms with E-state index in [1.54, 1.807) is 4.90 Å². The van der Waals surface area contributed by atoms with Crippen molar-refractivity contribution in [3.05, 3.63) is 54.1 Å². The number of amides is 1. The minimum absolute atomic E-state index is 0.0157. The molecule has 3 nitrogen and oxygen atoms in total. The molecule has 0 saturated carbocycles. The van der Waals surface area contributed by atoms with E-state index in [0.29, 0.717) is 4.99 Å². The van der Waals surface area contributed by atoms with E-state index in [4.69, 9.17) is 12.2 Å². The van der Waals surface area contributed by atoms with E-state index in [-0.39, 0.29) is 12.3 Å². The van der Waals surface area contributed by atoms with Gasteiger partial charge >= 0.3 is 0 Å². The molecule has 0 unspecified atom stereocenters. The SMILES string of the molecule is Cc1ccc2c(c1)N(c1ccccc1)C(=O)CC(=S)N2. The van der Waals surface area contributed by atoms with Gasteiger partial charge in [0.15, 0.2) is 0 Å². The molecule has 0 bridgehead atoms. The van der Waals surface area contributed by atoms with Crippen molar-refractivity contribution in [3.63, 3.8) is 0 Å². The summed E-state index contributed by atoms with van der Waals surface area (Å²) < 4.78 is 0. The van der Waals surface area contributed by atoms with Crippen molar-refractivity contribution >= 4 is 40.2 Å². The van der Waals surface area contributed by atoms with Gasteiger partial charge in [-0.2, -0.15) is 0 Å². The Labute approximate surface area is 123 Å². The van der Waals surface area contributed by atoms with Crippen LogP contribution in [-0.4, -0.2) is 10.9 Å². The lowest BCUT2D eigenvalue weighted by Gasteiger charge is -2.22. The summed E-state index contributed by atoms with van der Waals surface area (Å²) in [6.07, 6.45) is 0.220. The van der Waals surface area contributed by atoms with Gasteiger partial charge in [-0.25, -0.2) is 0 Å². The zero-order chi connectivity index (χ0) is 14.1. The molecule has 0 aliphatic carbocycles. The molecule has 20 heavy (non-hydrogen) atoms. The van der Waals surface area contributed by atoms with Crippen molar-refractivity contribution < 1.29 is 4.79 Å². The molecule has 3 rings (SSSR count). The zero-order valence-corrected chi connectivity index (χ0v) is 11.9. The van der Waals surface area contributed by atoms with Gasteiger partial charge in [0.1, 0.15) is 0 Å². The van der Waals surface area contributed by atoms with Gasteiger partial charge in [0.25, 0.3) is 0 Å². The second-order valence-corrected chi connectivity index (χ2v) is 5.30. The Kier molecular flexibility index (Phi) is 3.24. The number of hydrogen-bond donors (Lipinski definition) is 1. The van der Waals surface area contributed by atoms with Gasteiger partial charge in [0.2, 0.25) is 5.91 Å². The number of fused-ring (bicyclic) bond motifs is 1. The van der Waals surface area contributed by atoms with Crippen LogP contribution in [0, 0.1) is 6.92 Å². The summed E-state index contributed by atoms with van der Waals surface area (Å²) in [4.78, 5) is 14.8. The van der Waals surface area contributed by atoms with Gasteiger partial charge in [-0.15, -0.1) is 0 Å². The van der Waals surface area contributed by atoms with Crippen LogP contribution in [0.2, 0.25) is 0 Å². The summed E-state index contributed by atoms with van der Waals surface area (Å²) in [7, 11) is 0. The third kappa shape index (κ3) is 2.30.